The van der Waals surface area contributed by atoms with Gasteiger partial charge in [-0.3, -0.25) is 4.79 Å². The second kappa shape index (κ2) is 6.22. The monoisotopic (exact) mass is 228 g/mol. The molecule has 16 heavy (non-hydrogen) atoms. The molecule has 1 rings (SSSR count). The third-order valence-electron chi connectivity index (χ3n) is 3.36. The van der Waals surface area contributed by atoms with Gasteiger partial charge in [-0.25, -0.2) is 0 Å². The first kappa shape index (κ1) is 13.5. The fourth-order valence-corrected chi connectivity index (χ4v) is 2.43. The summed E-state index contributed by atoms with van der Waals surface area (Å²) in [7, 11) is 0. The number of hydrogen-bond acceptors (Lipinski definition) is 4. The maximum Gasteiger partial charge on any atom is 0.320 e. The average molecular weight is 228 g/mol. The molecular weight excluding hydrogens is 207 g/mol. The molecule has 3 unspecified atom stereocenters. The van der Waals surface area contributed by atoms with Gasteiger partial charge in [-0.05, 0) is 31.1 Å². The Balaban J connectivity index is 2.46. The molecule has 1 heterocycles. The lowest BCUT2D eigenvalue weighted by Crippen LogP contribution is -2.36. The summed E-state index contributed by atoms with van der Waals surface area (Å²) in [4.78, 5) is 11.0. The van der Waals surface area contributed by atoms with Crippen molar-refractivity contribution in [3.05, 3.63) is 0 Å². The highest BCUT2D eigenvalue weighted by Crippen LogP contribution is 2.27. The molecule has 3 atom stereocenters. The van der Waals surface area contributed by atoms with Gasteiger partial charge >= 0.3 is 5.97 Å². The lowest BCUT2D eigenvalue weighted by Gasteiger charge is -2.20. The number of nitrogens with one attached hydrogen (secondary N) is 1. The Hall–Kier alpha value is -0.585. The van der Waals surface area contributed by atoms with E-state index in [9.17, 15) is 4.79 Å². The molecule has 5 nitrogen and oxygen atoms in total. The molecule has 0 aliphatic carbocycles. The summed E-state index contributed by atoms with van der Waals surface area (Å²) in [6.07, 6.45) is 2.39. The van der Waals surface area contributed by atoms with E-state index in [0.717, 1.165) is 19.2 Å². The van der Waals surface area contributed by atoms with Crippen molar-refractivity contribution in [1.29, 1.82) is 0 Å². The van der Waals surface area contributed by atoms with Gasteiger partial charge in [0.25, 0.3) is 6.92 Å². The molecule has 1 fully saturated rings. The Labute approximate surface area is 96.5 Å². The number of carboxylic acid groups (broad SMARTS) is 1. The summed E-state index contributed by atoms with van der Waals surface area (Å²) >= 11 is 0. The first-order valence-electron chi connectivity index (χ1n) is 5.90. The molecule has 0 saturated carbocycles. The van der Waals surface area contributed by atoms with Crippen LogP contribution in [0.4, 0.5) is 0 Å². The minimum Gasteiger partial charge on any atom is -0.480 e. The van der Waals surface area contributed by atoms with Gasteiger partial charge in [0, 0.05) is 6.54 Å². The fraction of sp³-hybridized carbons (Fsp3) is 0.900. The van der Waals surface area contributed by atoms with Crippen LogP contribution >= 0.6 is 0 Å². The van der Waals surface area contributed by atoms with Crippen LogP contribution in [0.3, 0.4) is 0 Å². The number of carboxylic acids is 1. The molecule has 1 saturated heterocycles. The summed E-state index contributed by atoms with van der Waals surface area (Å²) in [5.74, 6) is -0.450. The third-order valence-corrected chi connectivity index (χ3v) is 3.36. The lowest BCUT2D eigenvalue weighted by molar-refractivity contribution is -0.140. The van der Waals surface area contributed by atoms with Crippen molar-refractivity contribution in [2.75, 3.05) is 13.1 Å². The summed E-state index contributed by atoms with van der Waals surface area (Å²) in [6.45, 7) is 2.65. The molecule has 1 aliphatic heterocycles. The molecule has 92 valence electrons. The van der Waals surface area contributed by atoms with E-state index in [1.54, 1.807) is 6.82 Å². The van der Waals surface area contributed by atoms with Crippen LogP contribution in [0.15, 0.2) is 0 Å². The van der Waals surface area contributed by atoms with Gasteiger partial charge in [-0.15, -0.1) is 0 Å². The van der Waals surface area contributed by atoms with Crippen molar-refractivity contribution < 1.29 is 14.9 Å². The number of nitrogens with two attached hydrogens (primary N) is 1. The van der Waals surface area contributed by atoms with E-state index in [0.29, 0.717) is 13.1 Å². The fourth-order valence-electron chi connectivity index (χ4n) is 2.43. The zero-order valence-electron chi connectivity index (χ0n) is 9.72. The summed E-state index contributed by atoms with van der Waals surface area (Å²) in [5.41, 5.74) is 5.64. The van der Waals surface area contributed by atoms with Crippen LogP contribution in [0, 0.1) is 11.8 Å². The van der Waals surface area contributed by atoms with Crippen molar-refractivity contribution >= 4 is 12.9 Å². The van der Waals surface area contributed by atoms with Crippen LogP contribution < -0.4 is 11.1 Å². The Kier molecular flexibility index (Phi) is 5.24. The second-order valence-electron chi connectivity index (χ2n) is 4.66. The molecule has 0 aromatic carbocycles. The van der Waals surface area contributed by atoms with Crippen LogP contribution in [0.1, 0.15) is 12.8 Å². The molecule has 0 radical (unpaired) electrons. The highest BCUT2D eigenvalue weighted by atomic mass is 16.4. The van der Waals surface area contributed by atoms with E-state index in [4.69, 9.17) is 15.9 Å². The van der Waals surface area contributed by atoms with Gasteiger partial charge in [0.1, 0.15) is 6.04 Å². The quantitative estimate of drug-likeness (QED) is 0.465. The molecule has 0 spiro atoms. The number of hydrogen-bond donors (Lipinski definition) is 4. The smallest absolute Gasteiger partial charge is 0.320 e. The largest absolute Gasteiger partial charge is 0.480 e. The Morgan fingerprint density at radius 1 is 1.62 bits per heavy atom. The third kappa shape index (κ3) is 3.47. The highest BCUT2D eigenvalue weighted by molar-refractivity contribution is 6.48. The molecule has 0 bridgehead atoms. The zero-order valence-corrected chi connectivity index (χ0v) is 9.72. The highest BCUT2D eigenvalue weighted by Gasteiger charge is 2.38. The molecule has 0 amide bonds. The number of rotatable bonds is 6. The minimum absolute atomic E-state index is 0.0984. The lowest BCUT2D eigenvalue weighted by atomic mass is 9.66. The van der Waals surface area contributed by atoms with Gasteiger partial charge in [0.2, 0.25) is 0 Å². The Morgan fingerprint density at radius 2 is 2.31 bits per heavy atom. The molecule has 0 aromatic rings. The van der Waals surface area contributed by atoms with Crippen molar-refractivity contribution in [1.82, 2.24) is 5.32 Å². The van der Waals surface area contributed by atoms with E-state index in [2.05, 4.69) is 5.32 Å². The van der Waals surface area contributed by atoms with Crippen LogP contribution in [-0.2, 0) is 4.79 Å². The van der Waals surface area contributed by atoms with E-state index < -0.39 is 12.0 Å². The van der Waals surface area contributed by atoms with Crippen molar-refractivity contribution in [2.24, 2.45) is 17.6 Å². The Morgan fingerprint density at radius 3 is 2.81 bits per heavy atom. The first-order chi connectivity index (χ1) is 7.56. The van der Waals surface area contributed by atoms with E-state index in [1.807, 2.05) is 0 Å². The molecule has 5 N–H and O–H groups in total. The number of aliphatic carboxylic acids is 1. The van der Waals surface area contributed by atoms with Gasteiger partial charge in [0.15, 0.2) is 0 Å². The standard InChI is InChI=1S/C10H21BN2O3/c1-11(16)4-2-3-8-7(5-12)6-13-9(8)10(14)15/h7-9,13,16H,2-6,12H2,1H3,(H,14,15). The summed E-state index contributed by atoms with van der Waals surface area (Å²) < 4.78 is 0. The minimum atomic E-state index is -0.794. The van der Waals surface area contributed by atoms with Crippen LogP contribution in [0.25, 0.3) is 0 Å². The maximum absolute atomic E-state index is 11.0. The predicted molar refractivity (Wildman–Crippen MR) is 63.3 cm³/mol. The molecule has 0 aromatic heterocycles. The van der Waals surface area contributed by atoms with Gasteiger partial charge in [0.05, 0.1) is 0 Å². The summed E-state index contributed by atoms with van der Waals surface area (Å²) in [6, 6.07) is -0.470. The average Bonchev–Trinajstić information content (AvgIpc) is 2.60. The van der Waals surface area contributed by atoms with E-state index >= 15 is 0 Å². The first-order valence-corrected chi connectivity index (χ1v) is 5.90. The van der Waals surface area contributed by atoms with Crippen LogP contribution in [-0.4, -0.2) is 42.1 Å². The van der Waals surface area contributed by atoms with Gasteiger partial charge < -0.3 is 21.2 Å². The van der Waals surface area contributed by atoms with E-state index in [-0.39, 0.29) is 18.8 Å². The Bertz CT molecular complexity index is 238. The summed E-state index contributed by atoms with van der Waals surface area (Å²) in [5, 5.41) is 21.2. The van der Waals surface area contributed by atoms with Gasteiger partial charge in [-0.2, -0.15) is 0 Å². The predicted octanol–water partition coefficient (Wildman–Crippen LogP) is -0.372. The molecule has 1 aliphatic rings. The number of carbonyl (C=O) groups is 1. The van der Waals surface area contributed by atoms with Crippen molar-refractivity contribution in [3.8, 4) is 0 Å². The van der Waals surface area contributed by atoms with Crippen LogP contribution in [0.5, 0.6) is 0 Å². The van der Waals surface area contributed by atoms with Crippen molar-refractivity contribution in [3.63, 3.8) is 0 Å². The zero-order chi connectivity index (χ0) is 12.1. The van der Waals surface area contributed by atoms with Crippen molar-refractivity contribution in [2.45, 2.75) is 32.0 Å². The normalized spacial score (nSPS) is 29.3. The maximum atomic E-state index is 11.0. The SMILES string of the molecule is CB(O)CCCC1C(CN)CNC1C(=O)O. The molecule has 6 heteroatoms. The second-order valence-corrected chi connectivity index (χ2v) is 4.66. The van der Waals surface area contributed by atoms with Gasteiger partial charge in [-0.1, -0.05) is 13.2 Å². The van der Waals surface area contributed by atoms with Crippen LogP contribution in [0.2, 0.25) is 13.1 Å². The van der Waals surface area contributed by atoms with E-state index in [1.165, 1.54) is 0 Å². The molecular formula is C10H21BN2O3. The topological polar surface area (TPSA) is 95.6 Å².